The van der Waals surface area contributed by atoms with Crippen molar-refractivity contribution in [2.75, 3.05) is 7.05 Å². The van der Waals surface area contributed by atoms with Crippen molar-refractivity contribution in [3.63, 3.8) is 0 Å². The smallest absolute Gasteiger partial charge is 0.192 e. The molecule has 0 aliphatic carbocycles. The van der Waals surface area contributed by atoms with E-state index < -0.39 is 0 Å². The summed E-state index contributed by atoms with van der Waals surface area (Å²) in [6.07, 6.45) is 0. The van der Waals surface area contributed by atoms with Gasteiger partial charge in [-0.3, -0.25) is 0 Å². The van der Waals surface area contributed by atoms with Crippen molar-refractivity contribution in [3.8, 4) is 11.3 Å². The molecule has 4 nitrogen and oxygen atoms in total. The minimum Gasteiger partial charge on any atom is -0.441 e. The highest BCUT2D eigenvalue weighted by molar-refractivity contribution is 5.79. The largest absolute Gasteiger partial charge is 0.441 e. The first-order valence-corrected chi connectivity index (χ1v) is 6.38. The second-order valence-corrected chi connectivity index (χ2v) is 4.78. The van der Waals surface area contributed by atoms with Crippen molar-refractivity contribution in [1.82, 2.24) is 15.3 Å². The highest BCUT2D eigenvalue weighted by Crippen LogP contribution is 2.25. The number of hydrogen-bond donors (Lipinski definition) is 2. The Balaban J connectivity index is 2.05. The zero-order chi connectivity index (χ0) is 13.4. The third-order valence-corrected chi connectivity index (χ3v) is 3.30. The summed E-state index contributed by atoms with van der Waals surface area (Å²) in [4.78, 5) is 7.79. The van der Waals surface area contributed by atoms with Gasteiger partial charge in [-0.05, 0) is 43.8 Å². The van der Waals surface area contributed by atoms with E-state index in [0.29, 0.717) is 5.89 Å². The van der Waals surface area contributed by atoms with Crippen LogP contribution in [-0.4, -0.2) is 17.0 Å². The SMILES string of the molecule is CNCc1cc(-c2ccc3oc(C)nc3c2)[nH]c1C. The van der Waals surface area contributed by atoms with Crippen molar-refractivity contribution in [2.45, 2.75) is 20.4 Å². The molecule has 2 aromatic heterocycles. The molecular weight excluding hydrogens is 238 g/mol. The van der Waals surface area contributed by atoms with Crippen molar-refractivity contribution >= 4 is 11.1 Å². The molecule has 0 aliphatic heterocycles. The molecule has 0 bridgehead atoms. The first-order valence-electron chi connectivity index (χ1n) is 6.38. The molecule has 4 heteroatoms. The van der Waals surface area contributed by atoms with E-state index in [1.54, 1.807) is 0 Å². The number of H-pyrrole nitrogens is 1. The van der Waals surface area contributed by atoms with E-state index in [1.165, 1.54) is 11.3 Å². The monoisotopic (exact) mass is 255 g/mol. The molecule has 0 fully saturated rings. The number of aromatic amines is 1. The second-order valence-electron chi connectivity index (χ2n) is 4.78. The molecule has 0 saturated heterocycles. The quantitative estimate of drug-likeness (QED) is 0.756. The molecule has 0 amide bonds. The maximum atomic E-state index is 5.49. The van der Waals surface area contributed by atoms with E-state index in [1.807, 2.05) is 20.0 Å². The Hall–Kier alpha value is -2.07. The lowest BCUT2D eigenvalue weighted by molar-refractivity contribution is 0.561. The first-order chi connectivity index (χ1) is 9.17. The van der Waals surface area contributed by atoms with Crippen LogP contribution >= 0.6 is 0 Å². The van der Waals surface area contributed by atoms with Crippen LogP contribution in [0.5, 0.6) is 0 Å². The first kappa shape index (κ1) is 12.0. The molecule has 2 heterocycles. The number of oxazole rings is 1. The number of benzene rings is 1. The lowest BCUT2D eigenvalue weighted by Gasteiger charge is -1.97. The minimum atomic E-state index is 0.700. The van der Waals surface area contributed by atoms with Crippen LogP contribution in [0.1, 0.15) is 17.1 Å². The summed E-state index contributed by atoms with van der Waals surface area (Å²) >= 11 is 0. The molecule has 19 heavy (non-hydrogen) atoms. The maximum absolute atomic E-state index is 5.49. The molecular formula is C15H17N3O. The summed E-state index contributed by atoms with van der Waals surface area (Å²) in [6, 6.07) is 8.26. The standard InChI is InChI=1S/C15H17N3O/c1-9-12(8-16-3)7-13(17-9)11-4-5-15-14(6-11)18-10(2)19-15/h4-7,16-17H,8H2,1-3H3. The summed E-state index contributed by atoms with van der Waals surface area (Å²) in [5, 5.41) is 3.18. The fourth-order valence-electron chi connectivity index (χ4n) is 2.34. The molecule has 0 aliphatic rings. The minimum absolute atomic E-state index is 0.700. The molecule has 0 radical (unpaired) electrons. The Labute approximate surface area is 111 Å². The molecule has 0 spiro atoms. The van der Waals surface area contributed by atoms with Crippen LogP contribution in [0.2, 0.25) is 0 Å². The van der Waals surface area contributed by atoms with Gasteiger partial charge in [0.25, 0.3) is 0 Å². The summed E-state index contributed by atoms with van der Waals surface area (Å²) in [5.41, 5.74) is 6.46. The van der Waals surface area contributed by atoms with E-state index in [9.17, 15) is 0 Å². The van der Waals surface area contributed by atoms with Crippen LogP contribution in [0.4, 0.5) is 0 Å². The number of nitrogens with zero attached hydrogens (tertiary/aromatic N) is 1. The molecule has 3 aromatic rings. The Morgan fingerprint density at radius 1 is 1.26 bits per heavy atom. The normalized spacial score (nSPS) is 11.3. The fraction of sp³-hybridized carbons (Fsp3) is 0.267. The molecule has 98 valence electrons. The topological polar surface area (TPSA) is 53.9 Å². The number of hydrogen-bond acceptors (Lipinski definition) is 3. The van der Waals surface area contributed by atoms with Gasteiger partial charge >= 0.3 is 0 Å². The Bertz CT molecular complexity index is 724. The number of rotatable bonds is 3. The highest BCUT2D eigenvalue weighted by Gasteiger charge is 2.08. The maximum Gasteiger partial charge on any atom is 0.192 e. The summed E-state index contributed by atoms with van der Waals surface area (Å²) in [5.74, 6) is 0.700. The van der Waals surface area contributed by atoms with Gasteiger partial charge < -0.3 is 14.7 Å². The predicted molar refractivity (Wildman–Crippen MR) is 76.0 cm³/mol. The van der Waals surface area contributed by atoms with Crippen molar-refractivity contribution in [1.29, 1.82) is 0 Å². The highest BCUT2D eigenvalue weighted by atomic mass is 16.3. The molecule has 0 atom stereocenters. The Kier molecular flexibility index (Phi) is 2.87. The second kappa shape index (κ2) is 4.55. The molecule has 1 aromatic carbocycles. The predicted octanol–water partition coefficient (Wildman–Crippen LogP) is 3.16. The zero-order valence-electron chi connectivity index (χ0n) is 11.4. The Morgan fingerprint density at radius 2 is 2.11 bits per heavy atom. The molecule has 0 saturated carbocycles. The van der Waals surface area contributed by atoms with Gasteiger partial charge in [0, 0.05) is 30.4 Å². The van der Waals surface area contributed by atoms with Crippen LogP contribution in [0.3, 0.4) is 0 Å². The molecule has 0 unspecified atom stereocenters. The van der Waals surface area contributed by atoms with E-state index in [-0.39, 0.29) is 0 Å². The van der Waals surface area contributed by atoms with Crippen LogP contribution < -0.4 is 5.32 Å². The summed E-state index contributed by atoms with van der Waals surface area (Å²) < 4.78 is 5.49. The van der Waals surface area contributed by atoms with Gasteiger partial charge in [-0.1, -0.05) is 0 Å². The lowest BCUT2D eigenvalue weighted by atomic mass is 10.1. The van der Waals surface area contributed by atoms with Crippen molar-refractivity contribution in [2.24, 2.45) is 0 Å². The Morgan fingerprint density at radius 3 is 2.89 bits per heavy atom. The molecule has 3 rings (SSSR count). The summed E-state index contributed by atoms with van der Waals surface area (Å²) in [6.45, 7) is 4.83. The lowest BCUT2D eigenvalue weighted by Crippen LogP contribution is -2.04. The van der Waals surface area contributed by atoms with Crippen LogP contribution in [0, 0.1) is 13.8 Å². The third-order valence-electron chi connectivity index (χ3n) is 3.30. The van der Waals surface area contributed by atoms with Crippen LogP contribution in [0.25, 0.3) is 22.4 Å². The van der Waals surface area contributed by atoms with Crippen molar-refractivity contribution in [3.05, 3.63) is 41.4 Å². The van der Waals surface area contributed by atoms with Gasteiger partial charge in [-0.25, -0.2) is 4.98 Å². The van der Waals surface area contributed by atoms with Gasteiger partial charge in [-0.2, -0.15) is 0 Å². The van der Waals surface area contributed by atoms with E-state index in [2.05, 4.69) is 40.4 Å². The van der Waals surface area contributed by atoms with Gasteiger partial charge in [-0.15, -0.1) is 0 Å². The van der Waals surface area contributed by atoms with Gasteiger partial charge in [0.05, 0.1) is 0 Å². The summed E-state index contributed by atoms with van der Waals surface area (Å²) in [7, 11) is 1.95. The number of nitrogens with one attached hydrogen (secondary N) is 2. The third kappa shape index (κ3) is 2.15. The number of aromatic nitrogens is 2. The van der Waals surface area contributed by atoms with E-state index in [0.717, 1.165) is 28.9 Å². The van der Waals surface area contributed by atoms with Crippen molar-refractivity contribution < 1.29 is 4.42 Å². The van der Waals surface area contributed by atoms with Gasteiger partial charge in [0.2, 0.25) is 0 Å². The van der Waals surface area contributed by atoms with E-state index >= 15 is 0 Å². The number of fused-ring (bicyclic) bond motifs is 1. The number of aryl methyl sites for hydroxylation is 2. The van der Waals surface area contributed by atoms with E-state index in [4.69, 9.17) is 4.42 Å². The van der Waals surface area contributed by atoms with Crippen LogP contribution in [0.15, 0.2) is 28.7 Å². The average molecular weight is 255 g/mol. The molecule has 2 N–H and O–H groups in total. The zero-order valence-corrected chi connectivity index (χ0v) is 11.4. The van der Waals surface area contributed by atoms with Gasteiger partial charge in [0.15, 0.2) is 11.5 Å². The van der Waals surface area contributed by atoms with Crippen LogP contribution in [-0.2, 0) is 6.54 Å². The van der Waals surface area contributed by atoms with Gasteiger partial charge in [0.1, 0.15) is 5.52 Å². The fourth-order valence-corrected chi connectivity index (χ4v) is 2.34. The average Bonchev–Trinajstić information content (AvgIpc) is 2.91.